The van der Waals surface area contributed by atoms with E-state index in [1.807, 2.05) is 0 Å². The number of nitriles is 1. The Bertz CT molecular complexity index is 676. The second-order valence-electron chi connectivity index (χ2n) is 3.31. The van der Waals surface area contributed by atoms with Gasteiger partial charge in [0.2, 0.25) is 0 Å². The maximum Gasteiger partial charge on any atom is 0.160 e. The highest BCUT2D eigenvalue weighted by Gasteiger charge is 2.07. The Kier molecular flexibility index (Phi) is 1.74. The Balaban J connectivity index is 2.20. The summed E-state index contributed by atoms with van der Waals surface area (Å²) in [6.07, 6.45) is 1.49. The van der Waals surface area contributed by atoms with Crippen LogP contribution in [0.1, 0.15) is 5.56 Å². The third kappa shape index (κ3) is 1.25. The topological polar surface area (TPSA) is 78.5 Å². The van der Waals surface area contributed by atoms with Gasteiger partial charge in [-0.3, -0.25) is 0 Å². The van der Waals surface area contributed by atoms with Gasteiger partial charge in [0.1, 0.15) is 12.0 Å². The normalized spacial score (nSPS) is 10.4. The van der Waals surface area contributed by atoms with E-state index in [0.717, 1.165) is 11.0 Å². The van der Waals surface area contributed by atoms with Crippen molar-refractivity contribution in [2.45, 2.75) is 0 Å². The van der Waals surface area contributed by atoms with Crippen molar-refractivity contribution < 1.29 is 4.52 Å². The lowest BCUT2D eigenvalue weighted by Crippen LogP contribution is -1.77. The Labute approximate surface area is 90.3 Å². The summed E-state index contributed by atoms with van der Waals surface area (Å²) in [5, 5.41) is 12.6. The molecule has 0 amide bonds. The maximum absolute atomic E-state index is 8.78. The molecule has 0 unspecified atom stereocenters. The summed E-state index contributed by atoms with van der Waals surface area (Å²) in [6, 6.07) is 9.09. The second kappa shape index (κ2) is 3.21. The molecule has 3 rings (SSSR count). The summed E-state index contributed by atoms with van der Waals surface area (Å²) in [7, 11) is 0. The van der Waals surface area contributed by atoms with Crippen molar-refractivity contribution in [1.29, 1.82) is 5.26 Å². The molecule has 0 spiro atoms. The number of aromatic amines is 1. The molecule has 3 aromatic rings. The number of nitrogens with one attached hydrogen (secondary N) is 1. The van der Waals surface area contributed by atoms with Crippen LogP contribution in [0.15, 0.2) is 35.1 Å². The Morgan fingerprint density at radius 2 is 2.25 bits per heavy atom. The van der Waals surface area contributed by atoms with Gasteiger partial charge in [-0.1, -0.05) is 5.16 Å². The standard InChI is InChI=1S/C11H6N4O/c12-6-7-1-2-8-10(5-7)14-11(13-8)9-3-4-16-15-9/h1-5H,(H,13,14). The van der Waals surface area contributed by atoms with Crippen LogP contribution < -0.4 is 0 Å². The SMILES string of the molecule is N#Cc1ccc2nc(-c3ccon3)[nH]c2c1. The molecule has 1 aromatic carbocycles. The number of H-pyrrole nitrogens is 1. The van der Waals surface area contributed by atoms with Crippen molar-refractivity contribution in [2.75, 3.05) is 0 Å². The molecule has 0 saturated heterocycles. The number of fused-ring (bicyclic) bond motifs is 1. The highest BCUT2D eigenvalue weighted by molar-refractivity contribution is 5.79. The van der Waals surface area contributed by atoms with Crippen LogP contribution >= 0.6 is 0 Å². The van der Waals surface area contributed by atoms with Crippen LogP contribution in [0.5, 0.6) is 0 Å². The first-order chi connectivity index (χ1) is 7.86. The molecule has 2 heterocycles. The summed E-state index contributed by atoms with van der Waals surface area (Å²) in [4.78, 5) is 7.43. The van der Waals surface area contributed by atoms with Crippen molar-refractivity contribution >= 4 is 11.0 Å². The number of imidazole rings is 1. The summed E-state index contributed by atoms with van der Waals surface area (Å²) >= 11 is 0. The van der Waals surface area contributed by atoms with Gasteiger partial charge in [0.05, 0.1) is 22.7 Å². The van der Waals surface area contributed by atoms with Gasteiger partial charge >= 0.3 is 0 Å². The van der Waals surface area contributed by atoms with E-state index in [1.165, 1.54) is 6.26 Å². The molecular formula is C11H6N4O. The van der Waals surface area contributed by atoms with Gasteiger partial charge in [-0.2, -0.15) is 5.26 Å². The molecule has 0 aliphatic carbocycles. The predicted molar refractivity (Wildman–Crippen MR) is 56.3 cm³/mol. The summed E-state index contributed by atoms with van der Waals surface area (Å²) in [6.45, 7) is 0. The average molecular weight is 210 g/mol. The zero-order chi connectivity index (χ0) is 11.0. The van der Waals surface area contributed by atoms with Crippen LogP contribution in [0.4, 0.5) is 0 Å². The Morgan fingerprint density at radius 3 is 3.00 bits per heavy atom. The van der Waals surface area contributed by atoms with Gasteiger partial charge < -0.3 is 9.51 Å². The van der Waals surface area contributed by atoms with Crippen LogP contribution in [0.25, 0.3) is 22.6 Å². The average Bonchev–Trinajstić information content (AvgIpc) is 2.96. The van der Waals surface area contributed by atoms with E-state index < -0.39 is 0 Å². The van der Waals surface area contributed by atoms with Crippen LogP contribution in [0.3, 0.4) is 0 Å². The largest absolute Gasteiger partial charge is 0.364 e. The summed E-state index contributed by atoms with van der Waals surface area (Å²) in [5.74, 6) is 0.638. The molecule has 0 radical (unpaired) electrons. The zero-order valence-electron chi connectivity index (χ0n) is 8.14. The van der Waals surface area contributed by atoms with E-state index >= 15 is 0 Å². The molecule has 0 saturated carbocycles. The van der Waals surface area contributed by atoms with Crippen molar-refractivity contribution in [3.05, 3.63) is 36.1 Å². The maximum atomic E-state index is 8.78. The van der Waals surface area contributed by atoms with Crippen molar-refractivity contribution in [3.8, 4) is 17.6 Å². The molecule has 1 N–H and O–H groups in total. The van der Waals surface area contributed by atoms with Crippen LogP contribution in [-0.4, -0.2) is 15.1 Å². The number of benzene rings is 1. The van der Waals surface area contributed by atoms with Gasteiger partial charge in [0.25, 0.3) is 0 Å². The van der Waals surface area contributed by atoms with E-state index in [0.29, 0.717) is 17.1 Å². The van der Waals surface area contributed by atoms with E-state index in [-0.39, 0.29) is 0 Å². The van der Waals surface area contributed by atoms with Crippen LogP contribution in [-0.2, 0) is 0 Å². The molecular weight excluding hydrogens is 204 g/mol. The summed E-state index contributed by atoms with van der Waals surface area (Å²) < 4.78 is 4.75. The fourth-order valence-corrected chi connectivity index (χ4v) is 1.54. The number of hydrogen-bond donors (Lipinski definition) is 1. The molecule has 2 aromatic heterocycles. The number of aromatic nitrogens is 3. The summed E-state index contributed by atoms with van der Waals surface area (Å²) in [5.41, 5.74) is 2.87. The number of rotatable bonds is 1. The lowest BCUT2D eigenvalue weighted by atomic mass is 10.2. The Morgan fingerprint density at radius 1 is 1.31 bits per heavy atom. The predicted octanol–water partition coefficient (Wildman–Crippen LogP) is 2.09. The highest BCUT2D eigenvalue weighted by atomic mass is 16.5. The molecule has 0 atom stereocenters. The lowest BCUT2D eigenvalue weighted by molar-refractivity contribution is 0.422. The van der Waals surface area contributed by atoms with Crippen LogP contribution in [0, 0.1) is 11.3 Å². The van der Waals surface area contributed by atoms with Gasteiger partial charge in [-0.25, -0.2) is 4.98 Å². The van der Waals surface area contributed by atoms with Crippen molar-refractivity contribution in [1.82, 2.24) is 15.1 Å². The third-order valence-corrected chi connectivity index (χ3v) is 2.29. The fourth-order valence-electron chi connectivity index (χ4n) is 1.54. The van der Waals surface area contributed by atoms with Crippen LogP contribution in [0.2, 0.25) is 0 Å². The van der Waals surface area contributed by atoms with E-state index in [9.17, 15) is 0 Å². The first-order valence-electron chi connectivity index (χ1n) is 4.67. The lowest BCUT2D eigenvalue weighted by Gasteiger charge is -1.87. The number of hydrogen-bond acceptors (Lipinski definition) is 4. The van der Waals surface area contributed by atoms with E-state index in [1.54, 1.807) is 24.3 Å². The monoisotopic (exact) mass is 210 g/mol. The first-order valence-corrected chi connectivity index (χ1v) is 4.67. The minimum Gasteiger partial charge on any atom is -0.364 e. The first kappa shape index (κ1) is 8.68. The number of nitrogens with zero attached hydrogens (tertiary/aromatic N) is 3. The Hall–Kier alpha value is -2.61. The van der Waals surface area contributed by atoms with Gasteiger partial charge in [-0.05, 0) is 18.2 Å². The molecule has 16 heavy (non-hydrogen) atoms. The molecule has 5 nitrogen and oxygen atoms in total. The minimum atomic E-state index is 0.600. The molecule has 0 aliphatic heterocycles. The van der Waals surface area contributed by atoms with E-state index in [4.69, 9.17) is 9.78 Å². The smallest absolute Gasteiger partial charge is 0.160 e. The molecule has 5 heteroatoms. The third-order valence-electron chi connectivity index (χ3n) is 2.29. The molecule has 0 aliphatic rings. The fraction of sp³-hybridized carbons (Fsp3) is 0. The molecule has 0 fully saturated rings. The van der Waals surface area contributed by atoms with E-state index in [2.05, 4.69) is 21.2 Å². The van der Waals surface area contributed by atoms with Crippen molar-refractivity contribution in [3.63, 3.8) is 0 Å². The van der Waals surface area contributed by atoms with Gasteiger partial charge in [0, 0.05) is 6.07 Å². The quantitative estimate of drug-likeness (QED) is 0.667. The highest BCUT2D eigenvalue weighted by Crippen LogP contribution is 2.19. The van der Waals surface area contributed by atoms with Gasteiger partial charge in [-0.15, -0.1) is 0 Å². The molecule has 76 valence electrons. The second-order valence-corrected chi connectivity index (χ2v) is 3.31. The van der Waals surface area contributed by atoms with Gasteiger partial charge in [0.15, 0.2) is 5.82 Å². The molecule has 0 bridgehead atoms. The minimum absolute atomic E-state index is 0.600. The zero-order valence-corrected chi connectivity index (χ0v) is 8.14. The van der Waals surface area contributed by atoms with Crippen molar-refractivity contribution in [2.24, 2.45) is 0 Å².